The number of nitrogens with zero attached hydrogens (tertiary/aromatic N) is 3. The standard InChI is InChI=1S/C19H15FN4S/c20-16-10-8-14(9-11-16)18-22-23-19(24(18)21)25-12-15-6-3-5-13-4-1-2-7-17(13)15/h1-11H,12,21H2. The van der Waals surface area contributed by atoms with Gasteiger partial charge in [-0.1, -0.05) is 54.2 Å². The van der Waals surface area contributed by atoms with Gasteiger partial charge in [0.25, 0.3) is 0 Å². The Morgan fingerprint density at radius 2 is 1.68 bits per heavy atom. The van der Waals surface area contributed by atoms with Crippen molar-refractivity contribution in [1.82, 2.24) is 14.9 Å². The number of rotatable bonds is 4. The first kappa shape index (κ1) is 15.7. The Hall–Kier alpha value is -2.86. The molecule has 3 aromatic carbocycles. The maximum absolute atomic E-state index is 13.1. The van der Waals surface area contributed by atoms with Gasteiger partial charge in [-0.05, 0) is 40.6 Å². The lowest BCUT2D eigenvalue weighted by atomic mass is 10.1. The monoisotopic (exact) mass is 350 g/mol. The SMILES string of the molecule is Nn1c(SCc2cccc3ccccc23)nnc1-c1ccc(F)cc1. The van der Waals surface area contributed by atoms with Crippen molar-refractivity contribution in [1.29, 1.82) is 0 Å². The summed E-state index contributed by atoms with van der Waals surface area (Å²) in [5.41, 5.74) is 1.95. The van der Waals surface area contributed by atoms with Crippen molar-refractivity contribution < 1.29 is 4.39 Å². The summed E-state index contributed by atoms with van der Waals surface area (Å²) in [6.07, 6.45) is 0. The van der Waals surface area contributed by atoms with Crippen LogP contribution in [0.25, 0.3) is 22.2 Å². The third-order valence-electron chi connectivity index (χ3n) is 4.00. The number of benzene rings is 3. The molecule has 0 spiro atoms. The highest BCUT2D eigenvalue weighted by Gasteiger charge is 2.13. The van der Waals surface area contributed by atoms with E-state index in [0.29, 0.717) is 11.0 Å². The summed E-state index contributed by atoms with van der Waals surface area (Å²) in [4.78, 5) is 0. The van der Waals surface area contributed by atoms with E-state index in [1.54, 1.807) is 12.1 Å². The molecule has 0 saturated heterocycles. The molecule has 0 saturated carbocycles. The number of fused-ring (bicyclic) bond motifs is 1. The molecule has 0 aliphatic rings. The van der Waals surface area contributed by atoms with Crippen molar-refractivity contribution in [3.63, 3.8) is 0 Å². The second-order valence-electron chi connectivity index (χ2n) is 5.61. The summed E-state index contributed by atoms with van der Waals surface area (Å²) >= 11 is 1.52. The fourth-order valence-corrected chi connectivity index (χ4v) is 3.59. The molecule has 4 aromatic rings. The first-order valence-corrected chi connectivity index (χ1v) is 8.77. The van der Waals surface area contributed by atoms with E-state index in [2.05, 4.69) is 40.5 Å². The van der Waals surface area contributed by atoms with Gasteiger partial charge in [0.1, 0.15) is 5.82 Å². The van der Waals surface area contributed by atoms with Gasteiger partial charge in [0.05, 0.1) is 0 Å². The van der Waals surface area contributed by atoms with Gasteiger partial charge in [-0.3, -0.25) is 0 Å². The number of aromatic nitrogens is 3. The number of halogens is 1. The zero-order valence-electron chi connectivity index (χ0n) is 13.3. The van der Waals surface area contributed by atoms with Crippen LogP contribution in [-0.2, 0) is 5.75 Å². The van der Waals surface area contributed by atoms with Crippen molar-refractivity contribution in [2.45, 2.75) is 10.9 Å². The highest BCUT2D eigenvalue weighted by atomic mass is 32.2. The average Bonchev–Trinajstić information content (AvgIpc) is 3.01. The minimum Gasteiger partial charge on any atom is -0.335 e. The molecule has 0 atom stereocenters. The number of nitrogen functional groups attached to an aromatic ring is 1. The fraction of sp³-hybridized carbons (Fsp3) is 0.0526. The Balaban J connectivity index is 1.58. The number of nitrogens with two attached hydrogens (primary N) is 1. The molecule has 2 N–H and O–H groups in total. The second kappa shape index (κ2) is 6.57. The maximum atomic E-state index is 13.1. The third kappa shape index (κ3) is 3.08. The van der Waals surface area contributed by atoms with Gasteiger partial charge in [0.2, 0.25) is 5.16 Å². The molecule has 0 radical (unpaired) electrons. The predicted octanol–water partition coefficient (Wildman–Crippen LogP) is 4.24. The molecule has 1 aromatic heterocycles. The molecule has 0 aliphatic carbocycles. The van der Waals surface area contributed by atoms with Crippen LogP contribution in [0, 0.1) is 5.82 Å². The van der Waals surface area contributed by atoms with Crippen molar-refractivity contribution in [3.05, 3.63) is 78.1 Å². The van der Waals surface area contributed by atoms with E-state index in [4.69, 9.17) is 5.84 Å². The highest BCUT2D eigenvalue weighted by Crippen LogP contribution is 2.27. The second-order valence-corrected chi connectivity index (χ2v) is 6.55. The summed E-state index contributed by atoms with van der Waals surface area (Å²) < 4.78 is 14.5. The zero-order chi connectivity index (χ0) is 17.2. The largest absolute Gasteiger partial charge is 0.335 e. The van der Waals surface area contributed by atoms with E-state index in [9.17, 15) is 4.39 Å². The summed E-state index contributed by atoms with van der Waals surface area (Å²) in [5.74, 6) is 7.08. The van der Waals surface area contributed by atoms with Gasteiger partial charge in [-0.25, -0.2) is 9.07 Å². The van der Waals surface area contributed by atoms with Crippen LogP contribution in [0.15, 0.2) is 71.9 Å². The average molecular weight is 350 g/mol. The van der Waals surface area contributed by atoms with Crippen LogP contribution in [0.1, 0.15) is 5.56 Å². The Labute approximate surface area is 148 Å². The molecule has 1 heterocycles. The van der Waals surface area contributed by atoms with Crippen LogP contribution < -0.4 is 5.84 Å². The lowest BCUT2D eigenvalue weighted by Gasteiger charge is -2.06. The lowest BCUT2D eigenvalue weighted by molar-refractivity contribution is 0.628. The summed E-state index contributed by atoms with van der Waals surface area (Å²) in [6.45, 7) is 0. The lowest BCUT2D eigenvalue weighted by Crippen LogP contribution is -2.11. The molecule has 0 amide bonds. The number of hydrogen-bond donors (Lipinski definition) is 1. The van der Waals surface area contributed by atoms with Crippen molar-refractivity contribution in [3.8, 4) is 11.4 Å². The molecule has 0 bridgehead atoms. The van der Waals surface area contributed by atoms with Crippen molar-refractivity contribution >= 4 is 22.5 Å². The summed E-state index contributed by atoms with van der Waals surface area (Å²) in [5, 5.41) is 11.4. The quantitative estimate of drug-likeness (QED) is 0.442. The van der Waals surface area contributed by atoms with Gasteiger partial charge >= 0.3 is 0 Å². The first-order chi connectivity index (χ1) is 12.2. The van der Waals surface area contributed by atoms with Gasteiger partial charge in [-0.2, -0.15) is 0 Å². The molecule has 0 fully saturated rings. The van der Waals surface area contributed by atoms with Gasteiger partial charge in [0, 0.05) is 11.3 Å². The van der Waals surface area contributed by atoms with E-state index >= 15 is 0 Å². The molecule has 6 heteroatoms. The van der Waals surface area contributed by atoms with Crippen molar-refractivity contribution in [2.24, 2.45) is 0 Å². The summed E-state index contributed by atoms with van der Waals surface area (Å²) in [6, 6.07) is 20.6. The van der Waals surface area contributed by atoms with Crippen LogP contribution in [0.4, 0.5) is 4.39 Å². The topological polar surface area (TPSA) is 56.7 Å². The van der Waals surface area contributed by atoms with Crippen molar-refractivity contribution in [2.75, 3.05) is 5.84 Å². The van der Waals surface area contributed by atoms with Crippen LogP contribution in [0.5, 0.6) is 0 Å². The third-order valence-corrected chi connectivity index (χ3v) is 5.00. The van der Waals surface area contributed by atoms with E-state index < -0.39 is 0 Å². The maximum Gasteiger partial charge on any atom is 0.210 e. The normalized spacial score (nSPS) is 11.1. The Bertz CT molecular complexity index is 1020. The molecule has 25 heavy (non-hydrogen) atoms. The minimum absolute atomic E-state index is 0.294. The van der Waals surface area contributed by atoms with Gasteiger partial charge in [0.15, 0.2) is 5.82 Å². The molecular formula is C19H15FN4S. The highest BCUT2D eigenvalue weighted by molar-refractivity contribution is 7.98. The van der Waals surface area contributed by atoms with Gasteiger partial charge < -0.3 is 5.84 Å². The Morgan fingerprint density at radius 1 is 0.920 bits per heavy atom. The summed E-state index contributed by atoms with van der Waals surface area (Å²) in [7, 11) is 0. The zero-order valence-corrected chi connectivity index (χ0v) is 14.1. The smallest absolute Gasteiger partial charge is 0.210 e. The molecule has 4 rings (SSSR count). The van der Waals surface area contributed by atoms with Crippen LogP contribution in [0.2, 0.25) is 0 Å². The van der Waals surface area contributed by atoms with E-state index in [-0.39, 0.29) is 5.82 Å². The molecular weight excluding hydrogens is 335 g/mol. The van der Waals surface area contributed by atoms with Crippen LogP contribution in [0.3, 0.4) is 0 Å². The number of hydrogen-bond acceptors (Lipinski definition) is 4. The molecule has 124 valence electrons. The Kier molecular flexibility index (Phi) is 4.11. The Morgan fingerprint density at radius 3 is 2.52 bits per heavy atom. The number of thioether (sulfide) groups is 1. The molecule has 4 nitrogen and oxygen atoms in total. The van der Waals surface area contributed by atoms with E-state index in [1.807, 2.05) is 12.1 Å². The van der Waals surface area contributed by atoms with Gasteiger partial charge in [-0.15, -0.1) is 10.2 Å². The van der Waals surface area contributed by atoms with Crippen LogP contribution >= 0.6 is 11.8 Å². The van der Waals surface area contributed by atoms with E-state index in [0.717, 1.165) is 11.3 Å². The molecule has 0 aliphatic heterocycles. The van der Waals surface area contributed by atoms with Crippen LogP contribution in [-0.4, -0.2) is 14.9 Å². The predicted molar refractivity (Wildman–Crippen MR) is 99.1 cm³/mol. The minimum atomic E-state index is -0.294. The fourth-order valence-electron chi connectivity index (χ4n) is 2.73. The molecule has 0 unspecified atom stereocenters. The first-order valence-electron chi connectivity index (χ1n) is 7.78. The van der Waals surface area contributed by atoms with E-state index in [1.165, 1.54) is 44.9 Å².